The third kappa shape index (κ3) is 2.88. The Morgan fingerprint density at radius 2 is 2.09 bits per heavy atom. The van der Waals surface area contributed by atoms with Gasteiger partial charge in [-0.1, -0.05) is 6.07 Å². The minimum absolute atomic E-state index is 0.0875. The van der Waals surface area contributed by atoms with Crippen molar-refractivity contribution in [3.05, 3.63) is 29.6 Å². The highest BCUT2D eigenvalue weighted by molar-refractivity contribution is 5.78. The van der Waals surface area contributed by atoms with Crippen LogP contribution in [-0.4, -0.2) is 59.1 Å². The number of hydrogen-bond donors (Lipinski definition) is 0. The van der Waals surface area contributed by atoms with Crippen molar-refractivity contribution in [1.82, 2.24) is 14.8 Å². The topological polar surface area (TPSA) is 45.7 Å². The molecule has 0 unspecified atom stereocenters. The number of piperidine rings is 1. The molecule has 0 aliphatic carbocycles. The van der Waals surface area contributed by atoms with Crippen LogP contribution in [0.25, 0.3) is 0 Å². The molecule has 3 heterocycles. The van der Waals surface area contributed by atoms with Crippen molar-refractivity contribution < 1.29 is 9.53 Å². The molecule has 0 N–H and O–H groups in total. The summed E-state index contributed by atoms with van der Waals surface area (Å²) in [5, 5.41) is 0. The van der Waals surface area contributed by atoms with Crippen LogP contribution in [0.2, 0.25) is 0 Å². The lowest BCUT2D eigenvalue weighted by Crippen LogP contribution is -2.62. The fourth-order valence-electron chi connectivity index (χ4n) is 3.57. The molecule has 0 aromatic carbocycles. The van der Waals surface area contributed by atoms with E-state index in [0.717, 1.165) is 43.9 Å². The van der Waals surface area contributed by atoms with Crippen molar-refractivity contribution in [2.45, 2.75) is 44.9 Å². The Hall–Kier alpha value is -1.46. The summed E-state index contributed by atoms with van der Waals surface area (Å²) in [6.45, 7) is 7.22. The number of pyridine rings is 1. The molecule has 5 nitrogen and oxygen atoms in total. The first kappa shape index (κ1) is 15.4. The Balaban J connectivity index is 1.61. The number of likely N-dealkylation sites (N-methyl/N-ethyl adjacent to an activating group) is 1. The van der Waals surface area contributed by atoms with Crippen molar-refractivity contribution in [2.24, 2.45) is 0 Å². The van der Waals surface area contributed by atoms with E-state index < -0.39 is 0 Å². The monoisotopic (exact) mass is 303 g/mol. The third-order valence-electron chi connectivity index (χ3n) is 5.25. The van der Waals surface area contributed by atoms with Crippen molar-refractivity contribution in [2.75, 3.05) is 26.7 Å². The molecule has 5 heteroatoms. The number of amides is 1. The van der Waals surface area contributed by atoms with E-state index in [4.69, 9.17) is 4.74 Å². The number of likely N-dealkylation sites (tertiary alicyclic amines) is 1. The number of ether oxygens (including phenoxy) is 1. The summed E-state index contributed by atoms with van der Waals surface area (Å²) >= 11 is 0. The Kier molecular flexibility index (Phi) is 4.19. The van der Waals surface area contributed by atoms with Crippen LogP contribution in [0.4, 0.5) is 0 Å². The molecule has 22 heavy (non-hydrogen) atoms. The summed E-state index contributed by atoms with van der Waals surface area (Å²) < 4.78 is 5.99. The first-order valence-corrected chi connectivity index (χ1v) is 8.05. The first-order valence-electron chi connectivity index (χ1n) is 8.05. The van der Waals surface area contributed by atoms with Gasteiger partial charge in [-0.05, 0) is 38.8 Å². The van der Waals surface area contributed by atoms with Crippen LogP contribution < -0.4 is 0 Å². The molecule has 3 rings (SSSR count). The fraction of sp³-hybridized carbons (Fsp3) is 0.647. The van der Waals surface area contributed by atoms with Gasteiger partial charge in [0.15, 0.2) is 0 Å². The zero-order chi connectivity index (χ0) is 15.7. The first-order chi connectivity index (χ1) is 10.5. The van der Waals surface area contributed by atoms with Crippen LogP contribution in [0, 0.1) is 6.92 Å². The van der Waals surface area contributed by atoms with E-state index in [9.17, 15) is 4.79 Å². The van der Waals surface area contributed by atoms with E-state index in [1.54, 1.807) is 0 Å². The van der Waals surface area contributed by atoms with Crippen LogP contribution in [0.1, 0.15) is 31.2 Å². The van der Waals surface area contributed by atoms with E-state index >= 15 is 0 Å². The lowest BCUT2D eigenvalue weighted by Gasteiger charge is -2.50. The van der Waals surface area contributed by atoms with E-state index in [2.05, 4.69) is 28.9 Å². The molecule has 2 aliphatic heterocycles. The number of carbonyl (C=O) groups is 1. The average Bonchev–Trinajstić information content (AvgIpc) is 2.51. The summed E-state index contributed by atoms with van der Waals surface area (Å²) in [6, 6.07) is 6.33. The summed E-state index contributed by atoms with van der Waals surface area (Å²) in [5.74, 6) is 0.0875. The molecule has 2 aliphatic rings. The maximum atomic E-state index is 11.8. The van der Waals surface area contributed by atoms with Crippen molar-refractivity contribution >= 4 is 5.91 Å². The Morgan fingerprint density at radius 1 is 1.36 bits per heavy atom. The number of aryl methyl sites for hydroxylation is 1. The molecule has 0 saturated carbocycles. The second-order valence-corrected chi connectivity index (χ2v) is 6.58. The van der Waals surface area contributed by atoms with Gasteiger partial charge in [-0.2, -0.15) is 0 Å². The predicted octanol–water partition coefficient (Wildman–Crippen LogP) is 1.60. The van der Waals surface area contributed by atoms with Gasteiger partial charge in [0.2, 0.25) is 5.91 Å². The van der Waals surface area contributed by atoms with Gasteiger partial charge in [0, 0.05) is 32.4 Å². The quantitative estimate of drug-likeness (QED) is 0.832. The van der Waals surface area contributed by atoms with Crippen LogP contribution >= 0.6 is 0 Å². The molecule has 1 atom stereocenters. The van der Waals surface area contributed by atoms with Gasteiger partial charge >= 0.3 is 0 Å². The number of hydrogen-bond acceptors (Lipinski definition) is 4. The number of rotatable bonds is 2. The second-order valence-electron chi connectivity index (χ2n) is 6.58. The van der Waals surface area contributed by atoms with Crippen LogP contribution in [-0.2, 0) is 16.1 Å². The predicted molar refractivity (Wildman–Crippen MR) is 84.4 cm³/mol. The smallest absolute Gasteiger partial charge is 0.248 e. The molecule has 120 valence electrons. The third-order valence-corrected chi connectivity index (χ3v) is 5.25. The molecule has 2 fully saturated rings. The van der Waals surface area contributed by atoms with Gasteiger partial charge in [0.05, 0.1) is 17.3 Å². The van der Waals surface area contributed by atoms with Crippen LogP contribution in [0.15, 0.2) is 18.2 Å². The highest BCUT2D eigenvalue weighted by Crippen LogP contribution is 2.35. The number of morpholine rings is 1. The highest BCUT2D eigenvalue weighted by Gasteiger charge is 2.46. The summed E-state index contributed by atoms with van der Waals surface area (Å²) in [6.07, 6.45) is 1.94. The van der Waals surface area contributed by atoms with Gasteiger partial charge in [0.25, 0.3) is 0 Å². The Morgan fingerprint density at radius 3 is 2.77 bits per heavy atom. The molecule has 1 spiro atoms. The number of nitrogens with zero attached hydrogens (tertiary/aromatic N) is 3. The van der Waals surface area contributed by atoms with Crippen LogP contribution in [0.3, 0.4) is 0 Å². The molecule has 1 aromatic rings. The summed E-state index contributed by atoms with van der Waals surface area (Å²) in [5.41, 5.74) is 2.02. The van der Waals surface area contributed by atoms with Gasteiger partial charge in [-0.3, -0.25) is 14.7 Å². The van der Waals surface area contributed by atoms with Crippen LogP contribution in [0.5, 0.6) is 0 Å². The molecule has 0 radical (unpaired) electrons. The minimum atomic E-state index is -0.167. The highest BCUT2D eigenvalue weighted by atomic mass is 16.5. The van der Waals surface area contributed by atoms with E-state index in [1.165, 1.54) is 0 Å². The van der Waals surface area contributed by atoms with Gasteiger partial charge in [-0.15, -0.1) is 0 Å². The fourth-order valence-corrected chi connectivity index (χ4v) is 3.57. The standard InChI is InChI=1S/C17H25N3O2/c1-13-5-4-6-15(18-13)11-20-9-7-17(8-10-20)14(2)19(3)16(21)12-22-17/h4-6,14H,7-12H2,1-3H3/t14-/m0/s1. The van der Waals surface area contributed by atoms with Crippen molar-refractivity contribution in [3.8, 4) is 0 Å². The zero-order valence-corrected chi connectivity index (χ0v) is 13.7. The molecule has 0 bridgehead atoms. The van der Waals surface area contributed by atoms with Crippen molar-refractivity contribution in [1.29, 1.82) is 0 Å². The maximum Gasteiger partial charge on any atom is 0.248 e. The van der Waals surface area contributed by atoms with E-state index in [-0.39, 0.29) is 24.2 Å². The minimum Gasteiger partial charge on any atom is -0.363 e. The number of aromatic nitrogens is 1. The number of carbonyl (C=O) groups excluding carboxylic acids is 1. The Bertz CT molecular complexity index is 553. The molecule has 1 amide bonds. The largest absolute Gasteiger partial charge is 0.363 e. The van der Waals surface area contributed by atoms with Gasteiger partial charge in [-0.25, -0.2) is 0 Å². The SMILES string of the molecule is Cc1cccc(CN2CCC3(CC2)OCC(=O)N(C)[C@H]3C)n1. The lowest BCUT2D eigenvalue weighted by atomic mass is 9.83. The second kappa shape index (κ2) is 5.97. The summed E-state index contributed by atoms with van der Waals surface area (Å²) in [4.78, 5) is 20.6. The average molecular weight is 303 g/mol. The van der Waals surface area contributed by atoms with Crippen molar-refractivity contribution in [3.63, 3.8) is 0 Å². The maximum absolute atomic E-state index is 11.8. The summed E-state index contributed by atoms with van der Waals surface area (Å²) in [7, 11) is 1.89. The zero-order valence-electron chi connectivity index (χ0n) is 13.7. The molecule has 2 saturated heterocycles. The normalized spacial score (nSPS) is 25.7. The van der Waals surface area contributed by atoms with E-state index in [0.29, 0.717) is 0 Å². The molecular weight excluding hydrogens is 278 g/mol. The Labute approximate surface area is 132 Å². The van der Waals surface area contributed by atoms with Gasteiger partial charge < -0.3 is 9.64 Å². The molecular formula is C17H25N3O2. The molecule has 1 aromatic heterocycles. The van der Waals surface area contributed by atoms with Gasteiger partial charge in [0.1, 0.15) is 6.61 Å². The van der Waals surface area contributed by atoms with E-state index in [1.807, 2.05) is 24.9 Å². The lowest BCUT2D eigenvalue weighted by molar-refractivity contribution is -0.183.